The molecule has 0 aliphatic rings. The molecule has 45 heavy (non-hydrogen) atoms. The van der Waals surface area contributed by atoms with Gasteiger partial charge in [0.25, 0.3) is 0 Å². The summed E-state index contributed by atoms with van der Waals surface area (Å²) in [6, 6.07) is 48.6. The number of fused-ring (bicyclic) bond motifs is 5. The molecule has 6 aromatic carbocycles. The van der Waals surface area contributed by atoms with E-state index in [0.29, 0.717) is 5.56 Å². The fourth-order valence-corrected chi connectivity index (χ4v) is 8.05. The molecule has 0 bridgehead atoms. The lowest BCUT2D eigenvalue weighted by atomic mass is 10.0. The number of para-hydroxylation sites is 2. The first-order valence-electron chi connectivity index (χ1n) is 14.6. The van der Waals surface area contributed by atoms with Gasteiger partial charge in [-0.2, -0.15) is 5.26 Å². The molecular formula is C39H22N4S2. The second kappa shape index (κ2) is 10.2. The second-order valence-corrected chi connectivity index (χ2v) is 13.1. The van der Waals surface area contributed by atoms with Gasteiger partial charge < -0.3 is 4.57 Å². The van der Waals surface area contributed by atoms with Crippen LogP contribution in [0, 0.1) is 11.3 Å². The first-order chi connectivity index (χ1) is 22.2. The van der Waals surface area contributed by atoms with Crippen LogP contribution in [0.25, 0.3) is 80.2 Å². The van der Waals surface area contributed by atoms with Crippen LogP contribution in [0.1, 0.15) is 5.56 Å². The quantitative estimate of drug-likeness (QED) is 0.199. The fourth-order valence-electron chi connectivity index (χ4n) is 6.13. The molecule has 0 saturated heterocycles. The molecule has 0 spiro atoms. The number of hydrogen-bond acceptors (Lipinski definition) is 5. The zero-order valence-electron chi connectivity index (χ0n) is 23.8. The normalized spacial score (nSPS) is 11.5. The van der Waals surface area contributed by atoms with Gasteiger partial charge >= 0.3 is 0 Å². The predicted molar refractivity (Wildman–Crippen MR) is 188 cm³/mol. The maximum Gasteiger partial charge on any atom is 0.124 e. The molecule has 3 heterocycles. The van der Waals surface area contributed by atoms with Crippen molar-refractivity contribution >= 4 is 64.9 Å². The lowest BCUT2D eigenvalue weighted by molar-refractivity contribution is 1.18. The van der Waals surface area contributed by atoms with Crippen molar-refractivity contribution in [2.75, 3.05) is 0 Å². The lowest BCUT2D eigenvalue weighted by Crippen LogP contribution is -1.94. The molecule has 0 amide bonds. The molecule has 0 aliphatic heterocycles. The van der Waals surface area contributed by atoms with Gasteiger partial charge in [-0.1, -0.05) is 48.5 Å². The zero-order valence-corrected chi connectivity index (χ0v) is 25.4. The number of benzene rings is 6. The highest BCUT2D eigenvalue weighted by Crippen LogP contribution is 2.40. The number of aromatic nitrogens is 3. The van der Waals surface area contributed by atoms with Gasteiger partial charge in [0.1, 0.15) is 10.0 Å². The van der Waals surface area contributed by atoms with Crippen LogP contribution in [0.5, 0.6) is 0 Å². The van der Waals surface area contributed by atoms with E-state index in [9.17, 15) is 5.26 Å². The van der Waals surface area contributed by atoms with Crippen LogP contribution in [0.3, 0.4) is 0 Å². The van der Waals surface area contributed by atoms with E-state index in [2.05, 4.69) is 108 Å². The van der Waals surface area contributed by atoms with Gasteiger partial charge in [0.05, 0.1) is 43.1 Å². The Morgan fingerprint density at radius 2 is 1.07 bits per heavy atom. The van der Waals surface area contributed by atoms with Crippen LogP contribution in [-0.2, 0) is 0 Å². The minimum Gasteiger partial charge on any atom is -0.309 e. The van der Waals surface area contributed by atoms with E-state index in [1.165, 1.54) is 20.2 Å². The molecule has 0 atom stereocenters. The van der Waals surface area contributed by atoms with E-state index in [1.807, 2.05) is 36.4 Å². The van der Waals surface area contributed by atoms with E-state index >= 15 is 0 Å². The van der Waals surface area contributed by atoms with E-state index in [-0.39, 0.29) is 0 Å². The Morgan fingerprint density at radius 3 is 1.62 bits per heavy atom. The maximum absolute atomic E-state index is 9.38. The molecule has 6 heteroatoms. The van der Waals surface area contributed by atoms with Crippen molar-refractivity contribution in [1.82, 2.24) is 14.5 Å². The Morgan fingerprint density at radius 1 is 0.511 bits per heavy atom. The summed E-state index contributed by atoms with van der Waals surface area (Å²) in [5, 5.41) is 13.8. The number of rotatable bonds is 4. The van der Waals surface area contributed by atoms with Crippen molar-refractivity contribution in [3.05, 3.63) is 139 Å². The van der Waals surface area contributed by atoms with Crippen LogP contribution in [0.4, 0.5) is 0 Å². The highest BCUT2D eigenvalue weighted by molar-refractivity contribution is 7.22. The van der Waals surface area contributed by atoms with Gasteiger partial charge in [0.2, 0.25) is 0 Å². The van der Waals surface area contributed by atoms with Crippen molar-refractivity contribution < 1.29 is 0 Å². The first-order valence-corrected chi connectivity index (χ1v) is 16.3. The Balaban J connectivity index is 1.24. The molecule has 0 fully saturated rings. The van der Waals surface area contributed by atoms with Crippen LogP contribution >= 0.6 is 22.7 Å². The first kappa shape index (κ1) is 25.8. The largest absolute Gasteiger partial charge is 0.309 e. The smallest absolute Gasteiger partial charge is 0.124 e. The number of thiazole rings is 2. The topological polar surface area (TPSA) is 54.5 Å². The summed E-state index contributed by atoms with van der Waals surface area (Å²) in [6.07, 6.45) is 0. The molecule has 9 aromatic rings. The molecule has 4 nitrogen and oxygen atoms in total. The fraction of sp³-hybridized carbons (Fsp3) is 0. The molecule has 3 aromatic heterocycles. The Hall–Kier alpha value is -5.61. The minimum absolute atomic E-state index is 0.659. The number of hydrogen-bond donors (Lipinski definition) is 0. The predicted octanol–water partition coefficient (Wildman–Crippen LogP) is 10.9. The third-order valence-electron chi connectivity index (χ3n) is 8.30. The monoisotopic (exact) mass is 610 g/mol. The molecule has 0 saturated carbocycles. The summed E-state index contributed by atoms with van der Waals surface area (Å²) < 4.78 is 4.71. The summed E-state index contributed by atoms with van der Waals surface area (Å²) in [4.78, 5) is 9.92. The van der Waals surface area contributed by atoms with Crippen molar-refractivity contribution in [1.29, 1.82) is 5.26 Å². The van der Waals surface area contributed by atoms with E-state index in [1.54, 1.807) is 22.7 Å². The number of nitriles is 1. The van der Waals surface area contributed by atoms with Crippen LogP contribution < -0.4 is 0 Å². The standard InChI is InChI=1S/C39H22N4S2/c40-23-24-6-5-7-26(20-24)25-12-16-29(17-13-25)43-34-18-14-27(38-41-32-8-1-3-10-36(32)44-38)21-30(34)31-22-28(15-19-35(31)43)39-42-33-9-2-4-11-37(33)45-39/h1-22H. The maximum atomic E-state index is 9.38. The summed E-state index contributed by atoms with van der Waals surface area (Å²) in [6.45, 7) is 0. The van der Waals surface area contributed by atoms with E-state index < -0.39 is 0 Å². The molecule has 0 unspecified atom stereocenters. The van der Waals surface area contributed by atoms with Gasteiger partial charge in [-0.05, 0) is 96.1 Å². The van der Waals surface area contributed by atoms with Gasteiger partial charge in [-0.15, -0.1) is 22.7 Å². The summed E-state index contributed by atoms with van der Waals surface area (Å²) in [5.74, 6) is 0. The summed E-state index contributed by atoms with van der Waals surface area (Å²) >= 11 is 3.45. The van der Waals surface area contributed by atoms with Gasteiger partial charge in [-0.3, -0.25) is 0 Å². The molecular weight excluding hydrogens is 589 g/mol. The SMILES string of the molecule is N#Cc1cccc(-c2ccc(-n3c4ccc(-c5nc6ccccc6s5)cc4c4cc(-c5nc6ccccc6s5)ccc43)cc2)c1. The van der Waals surface area contributed by atoms with Crippen LogP contribution in [-0.4, -0.2) is 14.5 Å². The van der Waals surface area contributed by atoms with E-state index in [4.69, 9.17) is 9.97 Å². The molecule has 0 radical (unpaired) electrons. The summed E-state index contributed by atoms with van der Waals surface area (Å²) in [5.41, 5.74) is 10.4. The third-order valence-corrected chi connectivity index (χ3v) is 10.5. The Labute approximate surface area is 266 Å². The third kappa shape index (κ3) is 4.33. The summed E-state index contributed by atoms with van der Waals surface area (Å²) in [7, 11) is 0. The molecule has 9 rings (SSSR count). The molecule has 0 aliphatic carbocycles. The lowest BCUT2D eigenvalue weighted by Gasteiger charge is -2.10. The van der Waals surface area contributed by atoms with E-state index in [0.717, 1.165) is 60.0 Å². The molecule has 210 valence electrons. The Bertz CT molecular complexity index is 2420. The number of nitrogens with zero attached hydrogens (tertiary/aromatic N) is 4. The van der Waals surface area contributed by atoms with Crippen molar-refractivity contribution in [2.45, 2.75) is 0 Å². The second-order valence-electron chi connectivity index (χ2n) is 11.0. The minimum atomic E-state index is 0.659. The van der Waals surface area contributed by atoms with Crippen LogP contribution in [0.2, 0.25) is 0 Å². The average Bonchev–Trinajstić information content (AvgIpc) is 3.82. The van der Waals surface area contributed by atoms with Crippen molar-refractivity contribution in [3.8, 4) is 44.0 Å². The zero-order chi connectivity index (χ0) is 29.9. The highest BCUT2D eigenvalue weighted by Gasteiger charge is 2.17. The van der Waals surface area contributed by atoms with Gasteiger partial charge in [-0.25, -0.2) is 9.97 Å². The van der Waals surface area contributed by atoms with Crippen molar-refractivity contribution in [3.63, 3.8) is 0 Å². The Kier molecular flexibility index (Phi) is 5.88. The van der Waals surface area contributed by atoms with Gasteiger partial charge in [0, 0.05) is 27.6 Å². The highest BCUT2D eigenvalue weighted by atomic mass is 32.1. The van der Waals surface area contributed by atoms with Crippen molar-refractivity contribution in [2.24, 2.45) is 0 Å². The van der Waals surface area contributed by atoms with Gasteiger partial charge in [0.15, 0.2) is 0 Å². The van der Waals surface area contributed by atoms with Crippen LogP contribution in [0.15, 0.2) is 133 Å². The molecule has 0 N–H and O–H groups in total. The average molecular weight is 611 g/mol.